The summed E-state index contributed by atoms with van der Waals surface area (Å²) in [5, 5.41) is 4.15. The minimum Gasteiger partial charge on any atom is -0.493 e. The van der Waals surface area contributed by atoms with E-state index in [2.05, 4.69) is 44.8 Å². The summed E-state index contributed by atoms with van der Waals surface area (Å²) in [4.78, 5) is 44.2. The van der Waals surface area contributed by atoms with E-state index in [9.17, 15) is 4.79 Å². The lowest BCUT2D eigenvalue weighted by Gasteiger charge is -2.47. The average Bonchev–Trinajstić information content (AvgIpc) is 3.39. The summed E-state index contributed by atoms with van der Waals surface area (Å²) in [7, 11) is 0. The summed E-state index contributed by atoms with van der Waals surface area (Å²) in [6.45, 7) is 16.9. The van der Waals surface area contributed by atoms with Gasteiger partial charge in [-0.3, -0.25) is 24.6 Å². The molecule has 3 atom stereocenters. The molecule has 2 saturated heterocycles. The predicted octanol–water partition coefficient (Wildman–Crippen LogP) is 6.25. The highest BCUT2D eigenvalue weighted by Crippen LogP contribution is 2.54. The van der Waals surface area contributed by atoms with E-state index in [1.165, 1.54) is 0 Å². The van der Waals surface area contributed by atoms with Crippen LogP contribution in [-0.2, 0) is 30.8 Å². The number of piperazine rings is 1. The van der Waals surface area contributed by atoms with Gasteiger partial charge >= 0.3 is 6.03 Å². The number of nitrogens with zero attached hydrogens (tertiary/aromatic N) is 5. The van der Waals surface area contributed by atoms with Crippen molar-refractivity contribution in [3.8, 4) is 5.75 Å². The molecule has 3 amide bonds. The second-order valence-electron chi connectivity index (χ2n) is 15.1. The second-order valence-corrected chi connectivity index (χ2v) is 16.0. The van der Waals surface area contributed by atoms with Crippen molar-refractivity contribution in [3.63, 3.8) is 0 Å². The predicted molar refractivity (Wildman–Crippen MR) is 207 cm³/mol. The molecule has 3 aliphatic rings. The molecule has 3 aliphatic heterocycles. The minimum absolute atomic E-state index is 0.0865. The Bertz CT molecular complexity index is 1800. The summed E-state index contributed by atoms with van der Waals surface area (Å²) < 4.78 is 17.4. The maximum Gasteiger partial charge on any atom is 0.326 e. The second kappa shape index (κ2) is 15.9. The van der Waals surface area contributed by atoms with Crippen LogP contribution in [0.25, 0.3) is 0 Å². The molecule has 4 heterocycles. The van der Waals surface area contributed by atoms with Crippen molar-refractivity contribution < 1.29 is 23.8 Å². The molecule has 2 fully saturated rings. The minimum atomic E-state index is -1.05. The van der Waals surface area contributed by atoms with Gasteiger partial charge in [-0.05, 0) is 56.2 Å². The van der Waals surface area contributed by atoms with Crippen LogP contribution in [0.1, 0.15) is 63.9 Å². The summed E-state index contributed by atoms with van der Waals surface area (Å²) in [6, 6.07) is 17.0. The van der Waals surface area contributed by atoms with Crippen molar-refractivity contribution in [1.82, 2.24) is 25.0 Å². The molecule has 0 spiro atoms. The lowest BCUT2D eigenvalue weighted by molar-refractivity contribution is -0.125. The molecule has 3 aromatic rings. The first-order chi connectivity index (χ1) is 25.2. The standard InChI is InChI=1S/C40H50Cl2N6O5/c1-7-52-33-22-34(38(2,3)4)43-24-32(33)36-45-39(5,27-8-12-29(41)13-9-27)40(6,28-10-14-30(42)15-11-28)48(36)37(50)47-18-16-46(17-19-47)25-35(49)44-23-31-26-51-20-21-53-31/h8-15,22,24,31H,7,16-21,23,25-26H2,1-6H3,(H,44,49)/t31?,39-,40+/m0/s1. The zero-order valence-corrected chi connectivity index (χ0v) is 33.0. The number of nitrogens with one attached hydrogen (secondary N) is 1. The van der Waals surface area contributed by atoms with Crippen LogP contribution >= 0.6 is 23.2 Å². The quantitative estimate of drug-likeness (QED) is 0.275. The zero-order valence-electron chi connectivity index (χ0n) is 31.5. The number of halogens is 2. The third-order valence-corrected chi connectivity index (χ3v) is 11.0. The molecule has 1 aromatic heterocycles. The van der Waals surface area contributed by atoms with Crippen molar-refractivity contribution in [2.45, 2.75) is 64.1 Å². The van der Waals surface area contributed by atoms with Crippen molar-refractivity contribution in [2.24, 2.45) is 4.99 Å². The maximum absolute atomic E-state index is 15.3. The molecule has 6 rings (SSSR count). The molecule has 53 heavy (non-hydrogen) atoms. The first-order valence-corrected chi connectivity index (χ1v) is 19.0. The number of pyridine rings is 1. The van der Waals surface area contributed by atoms with Crippen LogP contribution < -0.4 is 10.1 Å². The molecule has 0 bridgehead atoms. The third-order valence-electron chi connectivity index (χ3n) is 10.5. The molecule has 0 radical (unpaired) electrons. The Morgan fingerprint density at radius 1 is 0.962 bits per heavy atom. The summed E-state index contributed by atoms with van der Waals surface area (Å²) in [5.41, 5.74) is 0.941. The van der Waals surface area contributed by atoms with Crippen LogP contribution in [0.3, 0.4) is 0 Å². The number of rotatable bonds is 9. The fourth-order valence-electron chi connectivity index (χ4n) is 7.24. The summed E-state index contributed by atoms with van der Waals surface area (Å²) in [6.07, 6.45) is 1.64. The van der Waals surface area contributed by atoms with Gasteiger partial charge in [0.05, 0.1) is 44.6 Å². The number of ether oxygens (including phenoxy) is 3. The van der Waals surface area contributed by atoms with Crippen LogP contribution in [0.5, 0.6) is 5.75 Å². The number of benzene rings is 2. The van der Waals surface area contributed by atoms with E-state index in [4.69, 9.17) is 47.4 Å². The Morgan fingerprint density at radius 3 is 2.19 bits per heavy atom. The van der Waals surface area contributed by atoms with Gasteiger partial charge in [0.1, 0.15) is 22.7 Å². The van der Waals surface area contributed by atoms with Gasteiger partial charge in [0.15, 0.2) is 0 Å². The molecule has 284 valence electrons. The number of aromatic nitrogens is 1. The first-order valence-electron chi connectivity index (χ1n) is 18.3. The monoisotopic (exact) mass is 764 g/mol. The van der Waals surface area contributed by atoms with Gasteiger partial charge in [0.25, 0.3) is 0 Å². The molecule has 0 aliphatic carbocycles. The largest absolute Gasteiger partial charge is 0.493 e. The summed E-state index contributed by atoms with van der Waals surface area (Å²) >= 11 is 12.8. The van der Waals surface area contributed by atoms with E-state index in [0.717, 1.165) is 16.8 Å². The number of urea groups is 1. The van der Waals surface area contributed by atoms with Crippen LogP contribution in [0.15, 0.2) is 65.8 Å². The number of hydrogen-bond acceptors (Lipinski definition) is 8. The number of amides is 3. The fourth-order valence-corrected chi connectivity index (χ4v) is 7.49. The number of hydrogen-bond donors (Lipinski definition) is 1. The average molecular weight is 766 g/mol. The Hall–Kier alpha value is -3.74. The van der Waals surface area contributed by atoms with Gasteiger partial charge < -0.3 is 24.4 Å². The number of carbonyl (C=O) groups is 2. The molecule has 2 aromatic carbocycles. The lowest BCUT2D eigenvalue weighted by Crippen LogP contribution is -2.61. The normalized spacial score (nSPS) is 23.8. The van der Waals surface area contributed by atoms with Crippen LogP contribution in [0.4, 0.5) is 4.79 Å². The molecular formula is C40H50Cl2N6O5. The smallest absolute Gasteiger partial charge is 0.326 e. The summed E-state index contributed by atoms with van der Waals surface area (Å²) in [5.74, 6) is 0.970. The van der Waals surface area contributed by atoms with Crippen molar-refractivity contribution in [1.29, 1.82) is 0 Å². The molecular weight excluding hydrogens is 715 g/mol. The lowest BCUT2D eigenvalue weighted by atomic mass is 9.71. The van der Waals surface area contributed by atoms with Crippen LogP contribution in [0, 0.1) is 0 Å². The van der Waals surface area contributed by atoms with Crippen LogP contribution in [-0.4, -0.2) is 109 Å². The van der Waals surface area contributed by atoms with Gasteiger partial charge in [-0.25, -0.2) is 4.79 Å². The Kier molecular flexibility index (Phi) is 11.7. The Balaban J connectivity index is 1.37. The SMILES string of the molecule is CCOc1cc(C(C)(C)C)ncc1C1=N[C@@](C)(c2ccc(Cl)cc2)[C@@](C)(c2ccc(Cl)cc2)N1C(=O)N1CCN(CC(=O)NCC2COCCO2)CC1. The van der Waals surface area contributed by atoms with Gasteiger partial charge in [0, 0.05) is 66.1 Å². The van der Waals surface area contributed by atoms with E-state index >= 15 is 4.79 Å². The van der Waals surface area contributed by atoms with Crippen LogP contribution in [0.2, 0.25) is 10.0 Å². The van der Waals surface area contributed by atoms with Gasteiger partial charge in [-0.15, -0.1) is 0 Å². The van der Waals surface area contributed by atoms with E-state index in [0.29, 0.717) is 86.3 Å². The highest BCUT2D eigenvalue weighted by Gasteiger charge is 2.60. The maximum atomic E-state index is 15.3. The topological polar surface area (TPSA) is 109 Å². The van der Waals surface area contributed by atoms with E-state index < -0.39 is 11.1 Å². The van der Waals surface area contributed by atoms with Gasteiger partial charge in [0.2, 0.25) is 5.91 Å². The van der Waals surface area contributed by atoms with Gasteiger partial charge in [-0.2, -0.15) is 0 Å². The van der Waals surface area contributed by atoms with Gasteiger partial charge in [-0.1, -0.05) is 68.2 Å². The van der Waals surface area contributed by atoms with E-state index in [1.807, 2.05) is 71.3 Å². The Morgan fingerprint density at radius 2 is 1.60 bits per heavy atom. The van der Waals surface area contributed by atoms with E-state index in [1.54, 1.807) is 6.20 Å². The van der Waals surface area contributed by atoms with Crippen molar-refractivity contribution in [2.75, 3.05) is 65.7 Å². The molecule has 13 heteroatoms. The zero-order chi connectivity index (χ0) is 38.0. The highest BCUT2D eigenvalue weighted by molar-refractivity contribution is 6.30. The van der Waals surface area contributed by atoms with Crippen molar-refractivity contribution >= 4 is 41.0 Å². The molecule has 11 nitrogen and oxygen atoms in total. The van der Waals surface area contributed by atoms with Crippen molar-refractivity contribution in [3.05, 3.63) is 93.2 Å². The molecule has 0 saturated carbocycles. The Labute approximate surface area is 322 Å². The molecule has 1 N–H and O–H groups in total. The van der Waals surface area contributed by atoms with E-state index in [-0.39, 0.29) is 30.0 Å². The number of amidine groups is 1. The number of aliphatic imine (C=N–C) groups is 1. The first kappa shape index (κ1) is 39.0. The fraction of sp³-hybridized carbons (Fsp3) is 0.500. The molecule has 1 unspecified atom stereocenters. The third kappa shape index (κ3) is 8.05. The highest BCUT2D eigenvalue weighted by atomic mass is 35.5. The number of carbonyl (C=O) groups excluding carboxylic acids is 2.